The summed E-state index contributed by atoms with van der Waals surface area (Å²) in [5, 5.41) is 5.44. The first-order valence-corrected chi connectivity index (χ1v) is 9.87. The Kier molecular flexibility index (Phi) is 8.29. The normalized spacial score (nSPS) is 21.5. The monoisotopic (exact) mass is 390 g/mol. The summed E-state index contributed by atoms with van der Waals surface area (Å²) < 4.78 is 10.4. The molecule has 0 spiro atoms. The maximum absolute atomic E-state index is 12.2. The van der Waals surface area contributed by atoms with E-state index in [2.05, 4.69) is 24.5 Å². The van der Waals surface area contributed by atoms with Crippen LogP contribution in [0.4, 0.5) is 0 Å². The summed E-state index contributed by atoms with van der Waals surface area (Å²) in [5.41, 5.74) is 0.343. The lowest BCUT2D eigenvalue weighted by molar-refractivity contribution is -0.147. The van der Waals surface area contributed by atoms with Crippen molar-refractivity contribution < 1.29 is 23.9 Å². The van der Waals surface area contributed by atoms with Crippen LogP contribution in [-0.4, -0.2) is 43.6 Å². The Morgan fingerprint density at radius 2 is 1.89 bits per heavy atom. The summed E-state index contributed by atoms with van der Waals surface area (Å²) in [4.78, 5) is 36.1. The van der Waals surface area contributed by atoms with Crippen molar-refractivity contribution in [1.82, 2.24) is 10.6 Å². The smallest absolute Gasteiger partial charge is 0.325 e. The third kappa shape index (κ3) is 6.25. The minimum absolute atomic E-state index is 0.115. The molecule has 154 valence electrons. The first-order valence-electron chi connectivity index (χ1n) is 9.87. The molecule has 0 heterocycles. The highest BCUT2D eigenvalue weighted by molar-refractivity contribution is 5.98. The van der Waals surface area contributed by atoms with Crippen molar-refractivity contribution in [3.63, 3.8) is 0 Å². The molecule has 0 saturated heterocycles. The van der Waals surface area contributed by atoms with Crippen LogP contribution in [0, 0.1) is 11.8 Å². The lowest BCUT2D eigenvalue weighted by atomic mass is 9.78. The minimum Gasteiger partial charge on any atom is -0.493 e. The molecule has 1 aliphatic carbocycles. The number of carbonyl (C=O) groups excluding carboxylic acids is 3. The van der Waals surface area contributed by atoms with Crippen LogP contribution >= 0.6 is 0 Å². The van der Waals surface area contributed by atoms with Gasteiger partial charge in [-0.1, -0.05) is 38.8 Å². The minimum atomic E-state index is -0.664. The molecule has 0 aliphatic heterocycles. The van der Waals surface area contributed by atoms with Crippen LogP contribution in [0.15, 0.2) is 24.3 Å². The van der Waals surface area contributed by atoms with E-state index in [1.807, 2.05) is 6.92 Å². The van der Waals surface area contributed by atoms with Crippen LogP contribution in [0.5, 0.6) is 5.75 Å². The highest BCUT2D eigenvalue weighted by Crippen LogP contribution is 2.29. The maximum Gasteiger partial charge on any atom is 0.325 e. The van der Waals surface area contributed by atoms with E-state index in [1.54, 1.807) is 24.3 Å². The molecule has 2 amide bonds. The van der Waals surface area contributed by atoms with E-state index in [0.29, 0.717) is 29.8 Å². The van der Waals surface area contributed by atoms with Gasteiger partial charge in [0.25, 0.3) is 11.8 Å². The highest BCUT2D eigenvalue weighted by atomic mass is 16.5. The quantitative estimate of drug-likeness (QED) is 0.665. The van der Waals surface area contributed by atoms with E-state index in [-0.39, 0.29) is 25.1 Å². The Balaban J connectivity index is 1.74. The molecular weight excluding hydrogens is 360 g/mol. The van der Waals surface area contributed by atoms with Gasteiger partial charge in [-0.3, -0.25) is 14.4 Å². The van der Waals surface area contributed by atoms with Gasteiger partial charge in [-0.25, -0.2) is 0 Å². The number of benzene rings is 1. The van der Waals surface area contributed by atoms with Crippen molar-refractivity contribution in [3.8, 4) is 5.75 Å². The van der Waals surface area contributed by atoms with Crippen LogP contribution in [0.25, 0.3) is 0 Å². The average molecular weight is 390 g/mol. The summed E-state index contributed by atoms with van der Waals surface area (Å²) in [6, 6.07) is 6.90. The standard InChI is InChI=1S/C21H30N2O5/c1-4-27-18-11-6-5-9-16(18)21(26)22-12-20(25)28-13-19(24)23-17-10-7-8-14(2)15(17)3/h5-6,9,11,14-15,17H,4,7-8,10,12-13H2,1-3H3,(H,22,26)(H,23,24)/t14-,15-,17+/m0/s1. The Labute approximate surface area is 166 Å². The van der Waals surface area contributed by atoms with E-state index in [9.17, 15) is 14.4 Å². The van der Waals surface area contributed by atoms with Crippen molar-refractivity contribution in [2.45, 2.75) is 46.1 Å². The van der Waals surface area contributed by atoms with Gasteiger partial charge in [-0.15, -0.1) is 0 Å². The molecule has 3 atom stereocenters. The van der Waals surface area contributed by atoms with E-state index >= 15 is 0 Å². The van der Waals surface area contributed by atoms with Crippen LogP contribution < -0.4 is 15.4 Å². The average Bonchev–Trinajstić information content (AvgIpc) is 2.68. The zero-order valence-corrected chi connectivity index (χ0v) is 16.8. The molecule has 0 radical (unpaired) electrons. The third-order valence-electron chi connectivity index (χ3n) is 5.24. The van der Waals surface area contributed by atoms with Gasteiger partial charge < -0.3 is 20.1 Å². The zero-order chi connectivity index (χ0) is 20.5. The van der Waals surface area contributed by atoms with Crippen LogP contribution in [0.1, 0.15) is 50.4 Å². The lowest BCUT2D eigenvalue weighted by Crippen LogP contribution is -2.45. The SMILES string of the molecule is CCOc1ccccc1C(=O)NCC(=O)OCC(=O)N[C@@H]1CCC[C@H](C)[C@@H]1C. The molecule has 7 nitrogen and oxygen atoms in total. The maximum atomic E-state index is 12.2. The molecule has 0 unspecified atom stereocenters. The predicted molar refractivity (Wildman–Crippen MR) is 105 cm³/mol. The number of esters is 1. The second-order valence-electron chi connectivity index (χ2n) is 7.21. The third-order valence-corrected chi connectivity index (χ3v) is 5.24. The summed E-state index contributed by atoms with van der Waals surface area (Å²) >= 11 is 0. The van der Waals surface area contributed by atoms with E-state index in [0.717, 1.165) is 12.8 Å². The second kappa shape index (κ2) is 10.7. The van der Waals surface area contributed by atoms with Gasteiger partial charge >= 0.3 is 5.97 Å². The Morgan fingerprint density at radius 1 is 1.14 bits per heavy atom. The fourth-order valence-electron chi connectivity index (χ4n) is 3.41. The number of amides is 2. The van der Waals surface area contributed by atoms with E-state index in [1.165, 1.54) is 6.42 Å². The summed E-state index contributed by atoms with van der Waals surface area (Å²) in [6.45, 7) is 5.92. The molecule has 2 N–H and O–H groups in total. The summed E-state index contributed by atoms with van der Waals surface area (Å²) in [7, 11) is 0. The summed E-state index contributed by atoms with van der Waals surface area (Å²) in [6.07, 6.45) is 3.21. The Hall–Kier alpha value is -2.57. The fraction of sp³-hybridized carbons (Fsp3) is 0.571. The number of hydrogen-bond acceptors (Lipinski definition) is 5. The first-order chi connectivity index (χ1) is 13.4. The second-order valence-corrected chi connectivity index (χ2v) is 7.21. The molecule has 2 rings (SSSR count). The molecule has 28 heavy (non-hydrogen) atoms. The topological polar surface area (TPSA) is 93.7 Å². The van der Waals surface area contributed by atoms with Gasteiger partial charge in [0.15, 0.2) is 6.61 Å². The molecule has 1 aromatic rings. The number of para-hydroxylation sites is 1. The predicted octanol–water partition coefficient (Wildman–Crippen LogP) is 2.30. The van der Waals surface area contributed by atoms with Gasteiger partial charge in [0.05, 0.1) is 12.2 Å². The van der Waals surface area contributed by atoms with Crippen LogP contribution in [0.2, 0.25) is 0 Å². The first kappa shape index (κ1) is 21.7. The molecule has 0 bridgehead atoms. The molecule has 1 fully saturated rings. The van der Waals surface area contributed by atoms with Crippen molar-refractivity contribution in [2.24, 2.45) is 11.8 Å². The van der Waals surface area contributed by atoms with Crippen LogP contribution in [-0.2, 0) is 14.3 Å². The molecular formula is C21H30N2O5. The number of rotatable bonds is 8. The molecule has 0 aromatic heterocycles. The van der Waals surface area contributed by atoms with Crippen molar-refractivity contribution >= 4 is 17.8 Å². The van der Waals surface area contributed by atoms with Crippen molar-refractivity contribution in [3.05, 3.63) is 29.8 Å². The van der Waals surface area contributed by atoms with E-state index in [4.69, 9.17) is 9.47 Å². The largest absolute Gasteiger partial charge is 0.493 e. The number of nitrogens with one attached hydrogen (secondary N) is 2. The number of ether oxygens (including phenoxy) is 2. The number of carbonyl (C=O) groups is 3. The van der Waals surface area contributed by atoms with Gasteiger partial charge in [0.2, 0.25) is 0 Å². The van der Waals surface area contributed by atoms with Gasteiger partial charge in [0, 0.05) is 6.04 Å². The molecule has 1 saturated carbocycles. The molecule has 7 heteroatoms. The van der Waals surface area contributed by atoms with Crippen molar-refractivity contribution in [2.75, 3.05) is 19.8 Å². The van der Waals surface area contributed by atoms with Crippen LogP contribution in [0.3, 0.4) is 0 Å². The van der Waals surface area contributed by atoms with Crippen molar-refractivity contribution in [1.29, 1.82) is 0 Å². The van der Waals surface area contributed by atoms with Gasteiger partial charge in [-0.2, -0.15) is 0 Å². The lowest BCUT2D eigenvalue weighted by Gasteiger charge is -2.34. The fourth-order valence-corrected chi connectivity index (χ4v) is 3.41. The Morgan fingerprint density at radius 3 is 2.64 bits per heavy atom. The van der Waals surface area contributed by atoms with Gasteiger partial charge in [-0.05, 0) is 37.3 Å². The number of hydrogen-bond donors (Lipinski definition) is 2. The summed E-state index contributed by atoms with van der Waals surface area (Å²) in [5.74, 6) is 0.00536. The van der Waals surface area contributed by atoms with E-state index < -0.39 is 11.9 Å². The zero-order valence-electron chi connectivity index (χ0n) is 16.8. The highest BCUT2D eigenvalue weighted by Gasteiger charge is 2.28. The molecule has 1 aliphatic rings. The molecule has 1 aromatic carbocycles. The van der Waals surface area contributed by atoms with Gasteiger partial charge in [0.1, 0.15) is 12.3 Å². The Bertz CT molecular complexity index is 691.